The molecule has 0 spiro atoms. The first kappa shape index (κ1) is 17.8. The van der Waals surface area contributed by atoms with Gasteiger partial charge in [-0.2, -0.15) is 0 Å². The van der Waals surface area contributed by atoms with E-state index >= 15 is 0 Å². The molecular formula is C16H20N4O4. The fourth-order valence-electron chi connectivity index (χ4n) is 2.29. The number of anilines is 1. The Morgan fingerprint density at radius 1 is 1.38 bits per heavy atom. The number of aryl methyl sites for hydroxylation is 1. The molecule has 2 aromatic rings. The van der Waals surface area contributed by atoms with Crippen molar-refractivity contribution in [3.05, 3.63) is 46.1 Å². The highest BCUT2D eigenvalue weighted by atomic mass is 16.6. The molecular weight excluding hydrogens is 312 g/mol. The molecule has 0 bridgehead atoms. The number of nitro groups is 1. The van der Waals surface area contributed by atoms with Crippen molar-refractivity contribution in [2.75, 3.05) is 32.2 Å². The van der Waals surface area contributed by atoms with Crippen molar-refractivity contribution in [2.45, 2.75) is 13.0 Å². The molecule has 8 nitrogen and oxygen atoms in total. The number of ether oxygens (including phenoxy) is 1. The summed E-state index contributed by atoms with van der Waals surface area (Å²) in [6.07, 6.45) is -0.642. The lowest BCUT2D eigenvalue weighted by Gasteiger charge is -2.22. The number of non-ortho nitro benzene ring substituents is 1. The molecule has 8 heteroatoms. The fraction of sp³-hybridized carbons (Fsp3) is 0.375. The van der Waals surface area contributed by atoms with Gasteiger partial charge in [0.15, 0.2) is 5.82 Å². The zero-order chi connectivity index (χ0) is 17.7. The first-order valence-corrected chi connectivity index (χ1v) is 7.39. The maximum absolute atomic E-state index is 10.9. The van der Waals surface area contributed by atoms with E-state index in [-0.39, 0.29) is 12.3 Å². The molecule has 1 N–H and O–H groups in total. The van der Waals surface area contributed by atoms with Crippen molar-refractivity contribution in [1.82, 2.24) is 9.97 Å². The van der Waals surface area contributed by atoms with Gasteiger partial charge in [0.25, 0.3) is 5.69 Å². The van der Waals surface area contributed by atoms with Crippen molar-refractivity contribution >= 4 is 11.5 Å². The van der Waals surface area contributed by atoms with Gasteiger partial charge in [0.1, 0.15) is 5.82 Å². The smallest absolute Gasteiger partial charge is 0.270 e. The number of likely N-dealkylation sites (N-methyl/N-ethyl adjacent to an activating group) is 1. The summed E-state index contributed by atoms with van der Waals surface area (Å²) in [5.41, 5.74) is 1.29. The van der Waals surface area contributed by atoms with E-state index in [1.165, 1.54) is 19.2 Å². The number of aromatic nitrogens is 2. The van der Waals surface area contributed by atoms with Crippen LogP contribution in [0.3, 0.4) is 0 Å². The maximum Gasteiger partial charge on any atom is 0.270 e. The Balaban J connectivity index is 2.31. The molecule has 0 fully saturated rings. The van der Waals surface area contributed by atoms with Crippen molar-refractivity contribution in [3.8, 4) is 11.4 Å². The summed E-state index contributed by atoms with van der Waals surface area (Å²) in [7, 11) is 3.33. The third-order valence-electron chi connectivity index (χ3n) is 3.39. The molecule has 0 saturated heterocycles. The fourth-order valence-corrected chi connectivity index (χ4v) is 2.29. The number of methoxy groups -OCH3 is 1. The molecule has 128 valence electrons. The Labute approximate surface area is 139 Å². The maximum atomic E-state index is 10.9. The van der Waals surface area contributed by atoms with Gasteiger partial charge in [-0.25, -0.2) is 9.97 Å². The normalized spacial score (nSPS) is 12.0. The number of hydrogen-bond acceptors (Lipinski definition) is 7. The van der Waals surface area contributed by atoms with Crippen molar-refractivity contribution < 1.29 is 14.8 Å². The van der Waals surface area contributed by atoms with E-state index in [0.717, 1.165) is 5.69 Å². The van der Waals surface area contributed by atoms with Crippen LogP contribution >= 0.6 is 0 Å². The summed E-state index contributed by atoms with van der Waals surface area (Å²) in [5.74, 6) is 1.03. The average Bonchev–Trinajstić information content (AvgIpc) is 2.54. The summed E-state index contributed by atoms with van der Waals surface area (Å²) in [6.45, 7) is 2.40. The quantitative estimate of drug-likeness (QED) is 0.609. The van der Waals surface area contributed by atoms with Gasteiger partial charge in [-0.15, -0.1) is 0 Å². The van der Waals surface area contributed by atoms with Gasteiger partial charge in [-0.3, -0.25) is 10.1 Å². The van der Waals surface area contributed by atoms with Crippen molar-refractivity contribution in [3.63, 3.8) is 0 Å². The molecule has 1 unspecified atom stereocenters. The van der Waals surface area contributed by atoms with Crippen molar-refractivity contribution in [1.29, 1.82) is 0 Å². The lowest BCUT2D eigenvalue weighted by atomic mass is 10.2. The Morgan fingerprint density at radius 2 is 2.12 bits per heavy atom. The minimum absolute atomic E-state index is 0.0111. The van der Waals surface area contributed by atoms with Crippen LogP contribution in [0.4, 0.5) is 11.5 Å². The standard InChI is InChI=1S/C16H20N4O4/c1-11-7-15(19(2)9-14(21)10-24-3)18-16(17-11)12-5-4-6-13(8-12)20(22)23/h4-8,14,21H,9-10H2,1-3H3. The number of rotatable bonds is 7. The summed E-state index contributed by atoms with van der Waals surface area (Å²) < 4.78 is 4.92. The second kappa shape index (κ2) is 7.80. The van der Waals surface area contributed by atoms with Gasteiger partial charge in [0.2, 0.25) is 0 Å². The second-order valence-corrected chi connectivity index (χ2v) is 5.49. The zero-order valence-corrected chi connectivity index (χ0v) is 13.8. The lowest BCUT2D eigenvalue weighted by molar-refractivity contribution is -0.384. The molecule has 0 aliphatic rings. The second-order valence-electron chi connectivity index (χ2n) is 5.49. The molecule has 0 radical (unpaired) electrons. The largest absolute Gasteiger partial charge is 0.389 e. The van der Waals surface area contributed by atoms with E-state index in [4.69, 9.17) is 4.74 Å². The molecule has 2 rings (SSSR count). The molecule has 24 heavy (non-hydrogen) atoms. The van der Waals surface area contributed by atoms with Crippen LogP contribution in [0.2, 0.25) is 0 Å². The van der Waals surface area contributed by atoms with Crippen LogP contribution < -0.4 is 4.90 Å². The molecule has 1 aromatic carbocycles. The van der Waals surface area contributed by atoms with Gasteiger partial charge in [0, 0.05) is 50.2 Å². The van der Waals surface area contributed by atoms with Crippen LogP contribution in [0.5, 0.6) is 0 Å². The van der Waals surface area contributed by atoms with E-state index in [2.05, 4.69) is 9.97 Å². The molecule has 0 aliphatic carbocycles. The van der Waals surface area contributed by atoms with Crippen LogP contribution in [-0.4, -0.2) is 53.4 Å². The minimum atomic E-state index is -0.642. The Hall–Kier alpha value is -2.58. The van der Waals surface area contributed by atoms with Crippen LogP contribution in [0.15, 0.2) is 30.3 Å². The zero-order valence-electron chi connectivity index (χ0n) is 13.8. The number of aliphatic hydroxyl groups excluding tert-OH is 1. The monoisotopic (exact) mass is 332 g/mol. The molecule has 0 amide bonds. The highest BCUT2D eigenvalue weighted by Crippen LogP contribution is 2.23. The first-order valence-electron chi connectivity index (χ1n) is 7.39. The van der Waals surface area contributed by atoms with E-state index < -0.39 is 11.0 Å². The number of nitro benzene ring substituents is 1. The number of hydrogen-bond donors (Lipinski definition) is 1. The van der Waals surface area contributed by atoms with Crippen molar-refractivity contribution in [2.24, 2.45) is 0 Å². The summed E-state index contributed by atoms with van der Waals surface area (Å²) in [6, 6.07) is 7.99. The third kappa shape index (κ3) is 4.46. The summed E-state index contributed by atoms with van der Waals surface area (Å²) >= 11 is 0. The Kier molecular flexibility index (Phi) is 5.78. The predicted molar refractivity (Wildman–Crippen MR) is 90.0 cm³/mol. The van der Waals surface area contributed by atoms with E-state index in [1.54, 1.807) is 30.1 Å². The SMILES string of the molecule is COCC(O)CN(C)c1cc(C)nc(-c2cccc([N+](=O)[O-])c2)n1. The lowest BCUT2D eigenvalue weighted by Crippen LogP contribution is -2.32. The van der Waals surface area contributed by atoms with Crippen LogP contribution in [0, 0.1) is 17.0 Å². The predicted octanol–water partition coefficient (Wildman–Crippen LogP) is 1.80. The molecule has 0 saturated carbocycles. The van der Waals surface area contributed by atoms with Crippen LogP contribution in [-0.2, 0) is 4.74 Å². The summed E-state index contributed by atoms with van der Waals surface area (Å²) in [5, 5.41) is 20.8. The summed E-state index contributed by atoms with van der Waals surface area (Å²) in [4.78, 5) is 21.1. The topological polar surface area (TPSA) is 102 Å². The highest BCUT2D eigenvalue weighted by Gasteiger charge is 2.14. The van der Waals surface area contributed by atoms with Gasteiger partial charge in [-0.1, -0.05) is 12.1 Å². The van der Waals surface area contributed by atoms with Crippen LogP contribution in [0.1, 0.15) is 5.69 Å². The highest BCUT2D eigenvalue weighted by molar-refractivity contribution is 5.61. The third-order valence-corrected chi connectivity index (χ3v) is 3.39. The molecule has 1 atom stereocenters. The van der Waals surface area contributed by atoms with Gasteiger partial charge >= 0.3 is 0 Å². The van der Waals surface area contributed by atoms with E-state index in [0.29, 0.717) is 23.8 Å². The molecule has 0 aliphatic heterocycles. The van der Waals surface area contributed by atoms with Gasteiger partial charge < -0.3 is 14.7 Å². The Morgan fingerprint density at radius 3 is 2.79 bits per heavy atom. The molecule has 1 heterocycles. The van der Waals surface area contributed by atoms with E-state index in [1.807, 2.05) is 6.92 Å². The van der Waals surface area contributed by atoms with E-state index in [9.17, 15) is 15.2 Å². The number of nitrogens with zero attached hydrogens (tertiary/aromatic N) is 4. The first-order chi connectivity index (χ1) is 11.4. The van der Waals surface area contributed by atoms with Gasteiger partial charge in [-0.05, 0) is 6.92 Å². The minimum Gasteiger partial charge on any atom is -0.389 e. The van der Waals surface area contributed by atoms with Crippen LogP contribution in [0.25, 0.3) is 11.4 Å². The van der Waals surface area contributed by atoms with Gasteiger partial charge in [0.05, 0.1) is 17.6 Å². The average molecular weight is 332 g/mol. The number of benzene rings is 1. The number of aliphatic hydroxyl groups is 1. The molecule has 1 aromatic heterocycles. The Bertz CT molecular complexity index is 723.